The lowest BCUT2D eigenvalue weighted by Gasteiger charge is -2.41. The van der Waals surface area contributed by atoms with Gasteiger partial charge in [0.1, 0.15) is 18.0 Å². The van der Waals surface area contributed by atoms with E-state index in [2.05, 4.69) is 19.2 Å². The van der Waals surface area contributed by atoms with E-state index < -0.39 is 24.2 Å². The minimum absolute atomic E-state index is 0.0347. The first-order valence-corrected chi connectivity index (χ1v) is 11.2. The number of carbonyl (C=O) groups is 2. The summed E-state index contributed by atoms with van der Waals surface area (Å²) in [5, 5.41) is 23.2. The molecular weight excluding hydrogens is 396 g/mol. The Hall–Kier alpha value is -2.38. The van der Waals surface area contributed by atoms with Crippen LogP contribution in [0.2, 0.25) is 0 Å². The Morgan fingerprint density at radius 3 is 2.68 bits per heavy atom. The van der Waals surface area contributed by atoms with Crippen LogP contribution in [0, 0.1) is 5.92 Å². The molecule has 0 bridgehead atoms. The standard InChI is InChI=1S/C24H34N2O5/c1-4-7-20(28)26(12-10-15(2)3)18-14-17(24(30)25-11-13-27)21-16-8-5-6-9-19(16)31-23(21)22(18)29/h5-6,8-9,14-15,18,21-23,27,29H,4,7,10-13H2,1-3H3,(H,25,30)/t18-,21+,22+,23+/m1/s1. The highest BCUT2D eigenvalue weighted by Gasteiger charge is 2.50. The average molecular weight is 431 g/mol. The van der Waals surface area contributed by atoms with Gasteiger partial charge in [0.15, 0.2) is 0 Å². The van der Waals surface area contributed by atoms with Gasteiger partial charge >= 0.3 is 0 Å². The Balaban J connectivity index is 2.01. The smallest absolute Gasteiger partial charge is 0.247 e. The molecule has 3 N–H and O–H groups in total. The molecule has 31 heavy (non-hydrogen) atoms. The number of fused-ring (bicyclic) bond motifs is 3. The van der Waals surface area contributed by atoms with E-state index in [-0.39, 0.29) is 25.0 Å². The lowest BCUT2D eigenvalue weighted by Crippen LogP contribution is -2.56. The minimum Gasteiger partial charge on any atom is -0.486 e. The average Bonchev–Trinajstić information content (AvgIpc) is 3.13. The van der Waals surface area contributed by atoms with Gasteiger partial charge in [0, 0.05) is 30.6 Å². The van der Waals surface area contributed by atoms with Crippen molar-refractivity contribution in [3.63, 3.8) is 0 Å². The van der Waals surface area contributed by atoms with Gasteiger partial charge in [-0.15, -0.1) is 0 Å². The highest BCUT2D eigenvalue weighted by Crippen LogP contribution is 2.47. The molecule has 2 aliphatic rings. The topological polar surface area (TPSA) is 99.1 Å². The van der Waals surface area contributed by atoms with Crippen LogP contribution in [-0.4, -0.2) is 64.9 Å². The van der Waals surface area contributed by atoms with Gasteiger partial charge < -0.3 is 25.2 Å². The van der Waals surface area contributed by atoms with E-state index in [1.165, 1.54) is 0 Å². The third-order valence-corrected chi connectivity index (χ3v) is 5.97. The van der Waals surface area contributed by atoms with Crippen molar-refractivity contribution in [2.75, 3.05) is 19.7 Å². The number of carbonyl (C=O) groups excluding carboxylic acids is 2. The van der Waals surface area contributed by atoms with Gasteiger partial charge in [0.2, 0.25) is 11.8 Å². The minimum atomic E-state index is -0.959. The molecule has 0 radical (unpaired) electrons. The second-order valence-corrected chi connectivity index (χ2v) is 8.70. The highest BCUT2D eigenvalue weighted by molar-refractivity contribution is 5.96. The number of amides is 2. The van der Waals surface area contributed by atoms with Crippen LogP contribution in [-0.2, 0) is 9.59 Å². The fraction of sp³-hybridized carbons (Fsp3) is 0.583. The van der Waals surface area contributed by atoms with Crippen molar-refractivity contribution in [1.82, 2.24) is 10.2 Å². The Bertz CT molecular complexity index is 822. The number of ether oxygens (including phenoxy) is 1. The Labute approximate surface area is 184 Å². The van der Waals surface area contributed by atoms with Gasteiger partial charge in [-0.2, -0.15) is 0 Å². The summed E-state index contributed by atoms with van der Waals surface area (Å²) < 4.78 is 6.10. The second kappa shape index (κ2) is 10.3. The number of hydrogen-bond acceptors (Lipinski definition) is 5. The summed E-state index contributed by atoms with van der Waals surface area (Å²) >= 11 is 0. The molecule has 0 unspecified atom stereocenters. The molecule has 1 aliphatic carbocycles. The van der Waals surface area contributed by atoms with Crippen molar-refractivity contribution < 1.29 is 24.5 Å². The Morgan fingerprint density at radius 2 is 2.00 bits per heavy atom. The zero-order valence-electron chi connectivity index (χ0n) is 18.6. The van der Waals surface area contributed by atoms with Crippen LogP contribution in [0.15, 0.2) is 35.9 Å². The summed E-state index contributed by atoms with van der Waals surface area (Å²) in [7, 11) is 0. The molecule has 0 saturated carbocycles. The first kappa shape index (κ1) is 23.3. The van der Waals surface area contributed by atoms with Gasteiger partial charge in [-0.25, -0.2) is 0 Å². The molecular formula is C24H34N2O5. The number of aliphatic hydroxyl groups excluding tert-OH is 2. The van der Waals surface area contributed by atoms with Crippen LogP contribution < -0.4 is 10.1 Å². The van der Waals surface area contributed by atoms with Crippen molar-refractivity contribution >= 4 is 11.8 Å². The largest absolute Gasteiger partial charge is 0.486 e. The quantitative estimate of drug-likeness (QED) is 0.556. The summed E-state index contributed by atoms with van der Waals surface area (Å²) in [6, 6.07) is 6.82. The lowest BCUT2D eigenvalue weighted by atomic mass is 9.77. The van der Waals surface area contributed by atoms with Crippen molar-refractivity contribution in [2.45, 2.75) is 64.2 Å². The maximum absolute atomic E-state index is 13.0. The van der Waals surface area contributed by atoms with Crippen molar-refractivity contribution in [3.05, 3.63) is 41.5 Å². The third-order valence-electron chi connectivity index (χ3n) is 5.97. The van der Waals surface area contributed by atoms with Gasteiger partial charge in [0.05, 0.1) is 18.6 Å². The number of hydrogen-bond donors (Lipinski definition) is 3. The SMILES string of the molecule is CCCC(=O)N(CCC(C)C)[C@@H]1C=C(C(=O)NCCO)[C@@H]2c3ccccc3O[C@@H]2[C@H]1O. The summed E-state index contributed by atoms with van der Waals surface area (Å²) in [6.07, 6.45) is 2.02. The van der Waals surface area contributed by atoms with E-state index in [0.717, 1.165) is 12.0 Å². The fourth-order valence-corrected chi connectivity index (χ4v) is 4.39. The number of aliphatic hydroxyl groups is 2. The van der Waals surface area contributed by atoms with Gasteiger partial charge in [-0.3, -0.25) is 9.59 Å². The number of benzene rings is 1. The zero-order valence-corrected chi connectivity index (χ0v) is 18.6. The normalized spacial score (nSPS) is 24.1. The monoisotopic (exact) mass is 430 g/mol. The first-order valence-electron chi connectivity index (χ1n) is 11.2. The number of nitrogens with zero attached hydrogens (tertiary/aromatic N) is 1. The van der Waals surface area contributed by atoms with Crippen molar-refractivity contribution in [3.8, 4) is 5.75 Å². The molecule has 3 rings (SSSR count). The number of nitrogens with one attached hydrogen (secondary N) is 1. The second-order valence-electron chi connectivity index (χ2n) is 8.70. The summed E-state index contributed by atoms with van der Waals surface area (Å²) in [6.45, 7) is 6.61. The molecule has 1 heterocycles. The molecule has 7 nitrogen and oxygen atoms in total. The van der Waals surface area contributed by atoms with Crippen LogP contribution in [0.25, 0.3) is 0 Å². The predicted octanol–water partition coefficient (Wildman–Crippen LogP) is 1.98. The van der Waals surface area contributed by atoms with Crippen LogP contribution in [0.5, 0.6) is 5.75 Å². The lowest BCUT2D eigenvalue weighted by molar-refractivity contribution is -0.137. The highest BCUT2D eigenvalue weighted by atomic mass is 16.5. The molecule has 2 amide bonds. The maximum Gasteiger partial charge on any atom is 0.247 e. The van der Waals surface area contributed by atoms with Crippen molar-refractivity contribution in [1.29, 1.82) is 0 Å². The van der Waals surface area contributed by atoms with Crippen LogP contribution in [0.4, 0.5) is 0 Å². The number of para-hydroxylation sites is 1. The molecule has 1 aromatic carbocycles. The Kier molecular flexibility index (Phi) is 7.73. The van der Waals surface area contributed by atoms with Crippen LogP contribution >= 0.6 is 0 Å². The predicted molar refractivity (Wildman–Crippen MR) is 118 cm³/mol. The van der Waals surface area contributed by atoms with Crippen LogP contribution in [0.3, 0.4) is 0 Å². The molecule has 0 saturated heterocycles. The van der Waals surface area contributed by atoms with E-state index >= 15 is 0 Å². The van der Waals surface area contributed by atoms with Gasteiger partial charge in [-0.05, 0) is 30.9 Å². The molecule has 1 aromatic rings. The number of rotatable bonds is 9. The maximum atomic E-state index is 13.0. The van der Waals surface area contributed by atoms with E-state index in [1.54, 1.807) is 11.0 Å². The molecule has 0 aromatic heterocycles. The van der Waals surface area contributed by atoms with E-state index in [1.807, 2.05) is 31.2 Å². The summed E-state index contributed by atoms with van der Waals surface area (Å²) in [5.74, 6) is 0.273. The fourth-order valence-electron chi connectivity index (χ4n) is 4.39. The zero-order chi connectivity index (χ0) is 22.5. The molecule has 7 heteroatoms. The van der Waals surface area contributed by atoms with Gasteiger partial charge in [-0.1, -0.05) is 39.0 Å². The van der Waals surface area contributed by atoms with E-state index in [4.69, 9.17) is 9.84 Å². The van der Waals surface area contributed by atoms with Crippen LogP contribution in [0.1, 0.15) is 51.5 Å². The third kappa shape index (κ3) is 4.93. The summed E-state index contributed by atoms with van der Waals surface area (Å²) in [5.41, 5.74) is 1.32. The summed E-state index contributed by atoms with van der Waals surface area (Å²) in [4.78, 5) is 27.7. The van der Waals surface area contributed by atoms with E-state index in [9.17, 15) is 14.7 Å². The molecule has 1 aliphatic heterocycles. The van der Waals surface area contributed by atoms with Gasteiger partial charge in [0.25, 0.3) is 0 Å². The van der Waals surface area contributed by atoms with Crippen molar-refractivity contribution in [2.24, 2.45) is 5.92 Å². The molecule has 0 spiro atoms. The molecule has 0 fully saturated rings. The van der Waals surface area contributed by atoms with E-state index in [0.29, 0.717) is 36.6 Å². The molecule has 170 valence electrons. The Morgan fingerprint density at radius 1 is 1.26 bits per heavy atom. The molecule has 4 atom stereocenters. The first-order chi connectivity index (χ1) is 14.9.